The highest BCUT2D eigenvalue weighted by molar-refractivity contribution is 5.39. The number of nitrogens with one attached hydrogen (secondary N) is 1. The molecule has 7 heteroatoms. The molecule has 4 nitrogen and oxygen atoms in total. The van der Waals surface area contributed by atoms with E-state index in [4.69, 9.17) is 0 Å². The van der Waals surface area contributed by atoms with Crippen molar-refractivity contribution in [3.8, 4) is 0 Å². The Morgan fingerprint density at radius 2 is 2.00 bits per heavy atom. The molecule has 3 aliphatic carbocycles. The van der Waals surface area contributed by atoms with Gasteiger partial charge in [-0.3, -0.25) is 4.90 Å². The minimum atomic E-state index is -4.20. The number of nitrogens with zero attached hydrogens (tertiary/aromatic N) is 1. The van der Waals surface area contributed by atoms with Gasteiger partial charge in [-0.25, -0.2) is 0 Å². The van der Waals surface area contributed by atoms with E-state index in [1.54, 1.807) is 0 Å². The zero-order valence-electron chi connectivity index (χ0n) is 21.4. The van der Waals surface area contributed by atoms with Crippen molar-refractivity contribution in [2.24, 2.45) is 29.1 Å². The molecular weight excluding hydrogens is 453 g/mol. The highest BCUT2D eigenvalue weighted by atomic mass is 19.4. The number of hydrogen-bond donors (Lipinski definition) is 3. The van der Waals surface area contributed by atoms with Crippen molar-refractivity contribution >= 4 is 0 Å². The number of aliphatic hydroxyl groups is 2. The van der Waals surface area contributed by atoms with Crippen LogP contribution in [0.25, 0.3) is 0 Å². The number of allylic oxidation sites excluding steroid dienone is 3. The van der Waals surface area contributed by atoms with Gasteiger partial charge in [0.1, 0.15) is 6.04 Å². The molecule has 0 aromatic carbocycles. The van der Waals surface area contributed by atoms with Gasteiger partial charge in [0.25, 0.3) is 0 Å². The van der Waals surface area contributed by atoms with Gasteiger partial charge in [0.05, 0.1) is 12.2 Å². The van der Waals surface area contributed by atoms with Gasteiger partial charge in [0.2, 0.25) is 0 Å². The van der Waals surface area contributed by atoms with Crippen molar-refractivity contribution in [3.05, 3.63) is 35.5 Å². The lowest BCUT2D eigenvalue weighted by Gasteiger charge is -2.45. The van der Waals surface area contributed by atoms with Crippen molar-refractivity contribution in [2.75, 3.05) is 26.2 Å². The molecule has 1 saturated heterocycles. The molecule has 4 rings (SSSR count). The summed E-state index contributed by atoms with van der Waals surface area (Å²) in [7, 11) is 0. The number of fused-ring (bicyclic) bond motifs is 1. The highest BCUT2D eigenvalue weighted by Gasteiger charge is 2.51. The third-order valence-electron chi connectivity index (χ3n) is 9.73. The number of hydrogen-bond acceptors (Lipinski definition) is 4. The number of alkyl halides is 3. The standard InChI is InChI=1S/C28H43F3N2O2/c1-17(15-33-13-12-32-25(16-33)28(29,30)31)22-9-10-23-20(6-5-11-27(22,23)4)7-8-21-14-24(34)19(3)26(35)18(21)2/h7-8,17,19,22-26,32,34-35H,2,5-6,9-16H2,1,3-4H3/t17-,19+,22-,23+,24-,25?,26-,27-/m1/s1. The predicted molar refractivity (Wildman–Crippen MR) is 133 cm³/mol. The molecule has 1 heterocycles. The molecule has 1 aliphatic heterocycles. The van der Waals surface area contributed by atoms with E-state index in [1.807, 2.05) is 11.8 Å². The van der Waals surface area contributed by atoms with E-state index in [9.17, 15) is 23.4 Å². The quantitative estimate of drug-likeness (QED) is 0.521. The Morgan fingerprint density at radius 3 is 2.71 bits per heavy atom. The largest absolute Gasteiger partial charge is 0.405 e. The van der Waals surface area contributed by atoms with E-state index in [-0.39, 0.29) is 17.9 Å². The number of halogens is 3. The molecular formula is C28H43F3N2O2. The average Bonchev–Trinajstić information content (AvgIpc) is 3.16. The third kappa shape index (κ3) is 5.43. The topological polar surface area (TPSA) is 55.7 Å². The Kier molecular flexibility index (Phi) is 7.92. The van der Waals surface area contributed by atoms with E-state index in [0.29, 0.717) is 42.8 Å². The molecule has 0 radical (unpaired) electrons. The van der Waals surface area contributed by atoms with Gasteiger partial charge in [-0.2, -0.15) is 13.2 Å². The second-order valence-corrected chi connectivity index (χ2v) is 11.9. The Morgan fingerprint density at radius 1 is 1.26 bits per heavy atom. The van der Waals surface area contributed by atoms with E-state index >= 15 is 0 Å². The van der Waals surface area contributed by atoms with Gasteiger partial charge in [0.15, 0.2) is 0 Å². The molecule has 0 aromatic rings. The summed E-state index contributed by atoms with van der Waals surface area (Å²) in [6.45, 7) is 12.4. The van der Waals surface area contributed by atoms with Crippen LogP contribution >= 0.6 is 0 Å². The first kappa shape index (κ1) is 26.9. The zero-order valence-corrected chi connectivity index (χ0v) is 21.4. The lowest BCUT2D eigenvalue weighted by molar-refractivity contribution is -0.165. The van der Waals surface area contributed by atoms with E-state index in [2.05, 4.69) is 37.9 Å². The maximum atomic E-state index is 13.2. The molecule has 0 amide bonds. The molecule has 0 spiro atoms. The summed E-state index contributed by atoms with van der Waals surface area (Å²) in [4.78, 5) is 2.01. The molecule has 35 heavy (non-hydrogen) atoms. The average molecular weight is 497 g/mol. The van der Waals surface area contributed by atoms with Crippen LogP contribution in [0, 0.1) is 29.1 Å². The van der Waals surface area contributed by atoms with Crippen LogP contribution in [-0.2, 0) is 0 Å². The van der Waals surface area contributed by atoms with Gasteiger partial charge in [0, 0.05) is 32.1 Å². The first-order chi connectivity index (χ1) is 16.4. The molecule has 0 bridgehead atoms. The maximum Gasteiger partial charge on any atom is 0.405 e. The van der Waals surface area contributed by atoms with Crippen molar-refractivity contribution in [2.45, 2.75) is 83.7 Å². The Bertz CT molecular complexity index is 854. The summed E-state index contributed by atoms with van der Waals surface area (Å²) < 4.78 is 39.7. The lowest BCUT2D eigenvalue weighted by Crippen LogP contribution is -2.57. The summed E-state index contributed by atoms with van der Waals surface area (Å²) in [5, 5.41) is 23.4. The van der Waals surface area contributed by atoms with Gasteiger partial charge >= 0.3 is 6.18 Å². The van der Waals surface area contributed by atoms with Crippen molar-refractivity contribution < 1.29 is 23.4 Å². The normalized spacial score (nSPS) is 42.5. The number of piperazine rings is 1. The minimum Gasteiger partial charge on any atom is -0.392 e. The summed E-state index contributed by atoms with van der Waals surface area (Å²) in [6.07, 6.45) is 4.92. The molecule has 3 N–H and O–H groups in total. The Balaban J connectivity index is 1.45. The lowest BCUT2D eigenvalue weighted by atomic mass is 9.61. The van der Waals surface area contributed by atoms with Crippen molar-refractivity contribution in [1.29, 1.82) is 0 Å². The first-order valence-corrected chi connectivity index (χ1v) is 13.4. The summed E-state index contributed by atoms with van der Waals surface area (Å²) in [6, 6.07) is -1.43. The van der Waals surface area contributed by atoms with Crippen LogP contribution in [0.3, 0.4) is 0 Å². The molecule has 8 atom stereocenters. The van der Waals surface area contributed by atoms with Crippen LogP contribution in [0.1, 0.15) is 59.3 Å². The van der Waals surface area contributed by atoms with Gasteiger partial charge in [-0.15, -0.1) is 0 Å². The fourth-order valence-corrected chi connectivity index (χ4v) is 7.59. The number of rotatable bonds is 4. The molecule has 0 aromatic heterocycles. The zero-order chi connectivity index (χ0) is 25.5. The van der Waals surface area contributed by atoms with Gasteiger partial charge in [-0.05, 0) is 72.8 Å². The van der Waals surface area contributed by atoms with Crippen LogP contribution < -0.4 is 5.32 Å². The van der Waals surface area contributed by atoms with Crippen LogP contribution in [0.4, 0.5) is 13.2 Å². The molecule has 198 valence electrons. The molecule has 4 aliphatic rings. The van der Waals surface area contributed by atoms with Crippen molar-refractivity contribution in [3.63, 3.8) is 0 Å². The van der Waals surface area contributed by atoms with Crippen LogP contribution in [-0.4, -0.2) is 65.7 Å². The van der Waals surface area contributed by atoms with E-state index in [1.165, 1.54) is 5.57 Å². The monoisotopic (exact) mass is 496 g/mol. The molecule has 4 fully saturated rings. The van der Waals surface area contributed by atoms with E-state index in [0.717, 1.165) is 44.2 Å². The van der Waals surface area contributed by atoms with Gasteiger partial charge < -0.3 is 15.5 Å². The Hall–Kier alpha value is -1.15. The minimum absolute atomic E-state index is 0.0413. The SMILES string of the molecule is C=C1C(=CC=C2CCC[C@]3(C)[C@@H]([C@H](C)CN4CCNC(C(F)(F)F)C4)CC[C@@H]23)C[C@@H](O)[C@H](C)[C@@H]1O. The first-order valence-electron chi connectivity index (χ1n) is 13.4. The highest BCUT2D eigenvalue weighted by Crippen LogP contribution is 2.59. The van der Waals surface area contributed by atoms with Crippen LogP contribution in [0.15, 0.2) is 35.5 Å². The Labute approximate surface area is 208 Å². The number of aliphatic hydroxyl groups excluding tert-OH is 2. The fraction of sp³-hybridized carbons (Fsp3) is 0.786. The van der Waals surface area contributed by atoms with Crippen molar-refractivity contribution in [1.82, 2.24) is 10.2 Å². The van der Waals surface area contributed by atoms with Gasteiger partial charge in [-0.1, -0.05) is 45.1 Å². The maximum absolute atomic E-state index is 13.2. The summed E-state index contributed by atoms with van der Waals surface area (Å²) in [5.74, 6) is 1.12. The van der Waals surface area contributed by atoms with Crippen LogP contribution in [0.5, 0.6) is 0 Å². The van der Waals surface area contributed by atoms with Crippen LogP contribution in [0.2, 0.25) is 0 Å². The second-order valence-electron chi connectivity index (χ2n) is 11.9. The third-order valence-corrected chi connectivity index (χ3v) is 9.73. The summed E-state index contributed by atoms with van der Waals surface area (Å²) in [5.41, 5.74) is 3.25. The molecule has 1 unspecified atom stereocenters. The summed E-state index contributed by atoms with van der Waals surface area (Å²) >= 11 is 0. The van der Waals surface area contributed by atoms with E-state index < -0.39 is 24.4 Å². The fourth-order valence-electron chi connectivity index (χ4n) is 7.59. The second kappa shape index (κ2) is 10.3. The smallest absolute Gasteiger partial charge is 0.392 e. The molecule has 3 saturated carbocycles. The predicted octanol–water partition coefficient (Wildman–Crippen LogP) is 4.85.